The number of piperazine rings is 1. The van der Waals surface area contributed by atoms with Crippen molar-refractivity contribution in [3.05, 3.63) is 28.0 Å². The van der Waals surface area contributed by atoms with Crippen LogP contribution in [0.15, 0.2) is 17.0 Å². The average molecular weight is 364 g/mol. The summed E-state index contributed by atoms with van der Waals surface area (Å²) in [5.41, 5.74) is 0. The highest BCUT2D eigenvalue weighted by atomic mass is 35.5. The van der Waals surface area contributed by atoms with Crippen molar-refractivity contribution < 1.29 is 12.8 Å². The molecule has 1 aromatic rings. The second-order valence-corrected chi connectivity index (χ2v) is 7.08. The standard InChI is InChI=1S/C11H13Cl2FN2O2S.ClH/c1-7-6-16(5-4-15-7)19(17,18)9-3-2-8(12)11(14)10(9)13;/h2-3,7,15H,4-6H2,1H3;1H/t7-;/m0./s1. The van der Waals surface area contributed by atoms with Crippen molar-refractivity contribution in [2.24, 2.45) is 0 Å². The van der Waals surface area contributed by atoms with Crippen LogP contribution in [0.5, 0.6) is 0 Å². The van der Waals surface area contributed by atoms with Crippen LogP contribution >= 0.6 is 35.6 Å². The molecule has 9 heteroatoms. The minimum atomic E-state index is -3.80. The summed E-state index contributed by atoms with van der Waals surface area (Å²) in [5, 5.41) is 2.48. The molecule has 1 saturated heterocycles. The van der Waals surface area contributed by atoms with Crippen LogP contribution in [0.25, 0.3) is 0 Å². The molecule has 1 aliphatic heterocycles. The molecule has 0 saturated carbocycles. The minimum Gasteiger partial charge on any atom is -0.312 e. The van der Waals surface area contributed by atoms with Crippen molar-refractivity contribution in [1.82, 2.24) is 9.62 Å². The molecule has 114 valence electrons. The smallest absolute Gasteiger partial charge is 0.244 e. The Bertz CT molecular complexity index is 598. The zero-order valence-electron chi connectivity index (χ0n) is 10.6. The van der Waals surface area contributed by atoms with Gasteiger partial charge in [-0.05, 0) is 19.1 Å². The SMILES string of the molecule is C[C@H]1CN(S(=O)(=O)c2ccc(Cl)c(F)c2Cl)CCN1.Cl. The molecule has 0 radical (unpaired) electrons. The van der Waals surface area contributed by atoms with Gasteiger partial charge in [-0.2, -0.15) is 4.31 Å². The lowest BCUT2D eigenvalue weighted by Gasteiger charge is -2.31. The Morgan fingerprint density at radius 1 is 1.40 bits per heavy atom. The van der Waals surface area contributed by atoms with Crippen LogP contribution in [0.3, 0.4) is 0 Å². The Morgan fingerprint density at radius 3 is 2.65 bits per heavy atom. The molecule has 0 aromatic heterocycles. The van der Waals surface area contributed by atoms with Crippen LogP contribution in [-0.2, 0) is 10.0 Å². The van der Waals surface area contributed by atoms with E-state index in [0.29, 0.717) is 19.6 Å². The highest BCUT2D eigenvalue weighted by Gasteiger charge is 2.31. The number of nitrogens with zero attached hydrogens (tertiary/aromatic N) is 1. The maximum absolute atomic E-state index is 13.6. The van der Waals surface area contributed by atoms with Gasteiger partial charge in [-0.25, -0.2) is 12.8 Å². The largest absolute Gasteiger partial charge is 0.312 e. The molecule has 20 heavy (non-hydrogen) atoms. The van der Waals surface area contributed by atoms with Crippen molar-refractivity contribution in [3.8, 4) is 0 Å². The molecular weight excluding hydrogens is 350 g/mol. The van der Waals surface area contributed by atoms with Gasteiger partial charge in [0, 0.05) is 25.7 Å². The summed E-state index contributed by atoms with van der Waals surface area (Å²) >= 11 is 11.3. The fraction of sp³-hybridized carbons (Fsp3) is 0.455. The van der Waals surface area contributed by atoms with E-state index in [9.17, 15) is 12.8 Å². The lowest BCUT2D eigenvalue weighted by atomic mass is 10.3. The van der Waals surface area contributed by atoms with Gasteiger partial charge in [-0.3, -0.25) is 0 Å². The normalized spacial score (nSPS) is 20.5. The quantitative estimate of drug-likeness (QED) is 0.822. The summed E-state index contributed by atoms with van der Waals surface area (Å²) in [4.78, 5) is -0.245. The van der Waals surface area contributed by atoms with E-state index in [0.717, 1.165) is 0 Å². The van der Waals surface area contributed by atoms with Crippen LogP contribution in [0.2, 0.25) is 10.0 Å². The Balaban J connectivity index is 0.00000200. The fourth-order valence-electron chi connectivity index (χ4n) is 1.96. The molecule has 1 N–H and O–H groups in total. The molecule has 1 aromatic carbocycles. The van der Waals surface area contributed by atoms with Gasteiger partial charge < -0.3 is 5.32 Å². The molecule has 0 spiro atoms. The van der Waals surface area contributed by atoms with E-state index in [1.165, 1.54) is 16.4 Å². The summed E-state index contributed by atoms with van der Waals surface area (Å²) in [6, 6.07) is 2.47. The first-order valence-corrected chi connectivity index (χ1v) is 7.90. The summed E-state index contributed by atoms with van der Waals surface area (Å²) in [6.07, 6.45) is 0. The van der Waals surface area contributed by atoms with Crippen molar-refractivity contribution >= 4 is 45.6 Å². The van der Waals surface area contributed by atoms with Crippen LogP contribution in [0.1, 0.15) is 6.92 Å². The zero-order valence-corrected chi connectivity index (χ0v) is 13.7. The predicted molar refractivity (Wildman–Crippen MR) is 79.9 cm³/mol. The van der Waals surface area contributed by atoms with Gasteiger partial charge in [-0.1, -0.05) is 23.2 Å². The van der Waals surface area contributed by atoms with Gasteiger partial charge in [0.25, 0.3) is 0 Å². The van der Waals surface area contributed by atoms with Crippen molar-refractivity contribution in [2.45, 2.75) is 17.9 Å². The maximum atomic E-state index is 13.6. The molecule has 4 nitrogen and oxygen atoms in total. The van der Waals surface area contributed by atoms with Crippen molar-refractivity contribution in [3.63, 3.8) is 0 Å². The average Bonchev–Trinajstić information content (AvgIpc) is 2.36. The van der Waals surface area contributed by atoms with Gasteiger partial charge in [0.05, 0.1) is 10.0 Å². The summed E-state index contributed by atoms with van der Waals surface area (Å²) < 4.78 is 39.7. The Hall–Kier alpha value is -0.110. The number of nitrogens with one attached hydrogen (secondary N) is 1. The summed E-state index contributed by atoms with van der Waals surface area (Å²) in [5.74, 6) is -0.910. The summed E-state index contributed by atoms with van der Waals surface area (Å²) in [6.45, 7) is 3.08. The molecule has 0 aliphatic carbocycles. The molecule has 0 bridgehead atoms. The molecule has 2 rings (SSSR count). The van der Waals surface area contributed by atoms with Crippen molar-refractivity contribution in [2.75, 3.05) is 19.6 Å². The topological polar surface area (TPSA) is 49.4 Å². The highest BCUT2D eigenvalue weighted by Crippen LogP contribution is 2.31. The number of rotatable bonds is 2. The van der Waals surface area contributed by atoms with E-state index >= 15 is 0 Å². The molecule has 1 fully saturated rings. The lowest BCUT2D eigenvalue weighted by Crippen LogP contribution is -2.51. The second kappa shape index (κ2) is 6.77. The van der Waals surface area contributed by atoms with Gasteiger partial charge in [0.1, 0.15) is 4.90 Å². The highest BCUT2D eigenvalue weighted by molar-refractivity contribution is 7.89. The van der Waals surface area contributed by atoms with Crippen LogP contribution in [-0.4, -0.2) is 38.4 Å². The minimum absolute atomic E-state index is 0. The number of benzene rings is 1. The number of halogens is 4. The first-order chi connectivity index (χ1) is 8.84. The first-order valence-electron chi connectivity index (χ1n) is 5.71. The monoisotopic (exact) mass is 362 g/mol. The Labute approximate surface area is 133 Å². The molecule has 0 amide bonds. The van der Waals surface area contributed by atoms with Gasteiger partial charge >= 0.3 is 0 Å². The van der Waals surface area contributed by atoms with Gasteiger partial charge in [-0.15, -0.1) is 12.4 Å². The fourth-order valence-corrected chi connectivity index (χ4v) is 4.21. The third kappa shape index (κ3) is 3.37. The molecule has 1 atom stereocenters. The van der Waals surface area contributed by atoms with E-state index < -0.39 is 20.9 Å². The van der Waals surface area contributed by atoms with E-state index in [2.05, 4.69) is 5.32 Å². The van der Waals surface area contributed by atoms with Gasteiger partial charge in [0.2, 0.25) is 10.0 Å². The zero-order chi connectivity index (χ0) is 14.2. The summed E-state index contributed by atoms with van der Waals surface area (Å²) in [7, 11) is -3.80. The maximum Gasteiger partial charge on any atom is 0.244 e. The van der Waals surface area contributed by atoms with E-state index in [4.69, 9.17) is 23.2 Å². The number of hydrogen-bond acceptors (Lipinski definition) is 3. The van der Waals surface area contributed by atoms with Crippen LogP contribution in [0.4, 0.5) is 4.39 Å². The molecule has 0 unspecified atom stereocenters. The predicted octanol–water partition coefficient (Wildman–Crippen LogP) is 2.54. The van der Waals surface area contributed by atoms with E-state index in [1.807, 2.05) is 6.92 Å². The van der Waals surface area contributed by atoms with E-state index in [1.54, 1.807) is 0 Å². The third-order valence-corrected chi connectivity index (χ3v) is 5.63. The van der Waals surface area contributed by atoms with E-state index in [-0.39, 0.29) is 28.4 Å². The third-order valence-electron chi connectivity index (χ3n) is 2.95. The van der Waals surface area contributed by atoms with Crippen LogP contribution in [0, 0.1) is 5.82 Å². The second-order valence-electron chi connectivity index (χ2n) is 4.39. The molecular formula is C11H14Cl3FN2O2S. The Kier molecular flexibility index (Phi) is 6.07. The Morgan fingerprint density at radius 2 is 2.05 bits per heavy atom. The number of hydrogen-bond donors (Lipinski definition) is 1. The first kappa shape index (κ1) is 17.9. The van der Waals surface area contributed by atoms with Gasteiger partial charge in [0.15, 0.2) is 5.82 Å². The van der Waals surface area contributed by atoms with Crippen molar-refractivity contribution in [1.29, 1.82) is 0 Å². The molecule has 1 aliphatic rings. The molecule has 1 heterocycles. The van der Waals surface area contributed by atoms with Crippen LogP contribution < -0.4 is 5.32 Å². The number of sulfonamides is 1. The lowest BCUT2D eigenvalue weighted by molar-refractivity contribution is 0.310.